The Morgan fingerprint density at radius 2 is 2.00 bits per heavy atom. The third-order valence-electron chi connectivity index (χ3n) is 3.68. The monoisotopic (exact) mass is 339 g/mol. The smallest absolute Gasteiger partial charge is 0.410 e. The van der Waals surface area contributed by atoms with Crippen LogP contribution in [-0.4, -0.2) is 40.6 Å². The van der Waals surface area contributed by atoms with Crippen LogP contribution in [0.3, 0.4) is 0 Å². The molecule has 2 rings (SSSR count). The van der Waals surface area contributed by atoms with Crippen molar-refractivity contribution in [3.8, 4) is 0 Å². The predicted octanol–water partition coefficient (Wildman–Crippen LogP) is 3.55. The van der Waals surface area contributed by atoms with Crippen LogP contribution in [0.5, 0.6) is 0 Å². The van der Waals surface area contributed by atoms with Gasteiger partial charge in [-0.3, -0.25) is 10.1 Å². The zero-order chi connectivity index (χ0) is 17.9. The Bertz CT molecular complexity index is 622. The maximum absolute atomic E-state index is 13.9. The Balaban J connectivity index is 1.97. The number of nitrogens with zero attached hydrogens (tertiary/aromatic N) is 2. The minimum absolute atomic E-state index is 0.0989. The Morgan fingerprint density at radius 1 is 1.38 bits per heavy atom. The summed E-state index contributed by atoms with van der Waals surface area (Å²) >= 11 is 0. The first-order chi connectivity index (χ1) is 11.2. The zero-order valence-electron chi connectivity index (χ0n) is 14.0. The van der Waals surface area contributed by atoms with Crippen LogP contribution in [0, 0.1) is 15.9 Å². The lowest BCUT2D eigenvalue weighted by Crippen LogP contribution is -2.44. The molecule has 24 heavy (non-hydrogen) atoms. The molecule has 1 aliphatic heterocycles. The van der Waals surface area contributed by atoms with Gasteiger partial charge in [-0.2, -0.15) is 0 Å². The molecule has 1 saturated heterocycles. The lowest BCUT2D eigenvalue weighted by Gasteiger charge is -2.34. The molecule has 8 heteroatoms. The number of benzene rings is 1. The van der Waals surface area contributed by atoms with Crippen LogP contribution in [0.15, 0.2) is 18.2 Å². The lowest BCUT2D eigenvalue weighted by atomic mass is 10.0. The largest absolute Gasteiger partial charge is 0.444 e. The highest BCUT2D eigenvalue weighted by Gasteiger charge is 2.28. The molecule has 1 heterocycles. The fourth-order valence-corrected chi connectivity index (χ4v) is 2.54. The van der Waals surface area contributed by atoms with E-state index < -0.39 is 16.3 Å². The van der Waals surface area contributed by atoms with E-state index in [2.05, 4.69) is 5.32 Å². The molecule has 0 bridgehead atoms. The number of halogens is 1. The Hall–Kier alpha value is -2.38. The van der Waals surface area contributed by atoms with Crippen molar-refractivity contribution in [3.05, 3.63) is 34.1 Å². The Labute approximate surface area is 139 Å². The highest BCUT2D eigenvalue weighted by atomic mass is 19.1. The third kappa shape index (κ3) is 4.56. The molecule has 0 spiro atoms. The summed E-state index contributed by atoms with van der Waals surface area (Å²) in [5, 5.41) is 13.9. The van der Waals surface area contributed by atoms with E-state index in [9.17, 15) is 19.3 Å². The summed E-state index contributed by atoms with van der Waals surface area (Å²) in [7, 11) is 0. The number of amides is 1. The maximum Gasteiger partial charge on any atom is 0.410 e. The molecule has 1 amide bonds. The van der Waals surface area contributed by atoms with Crippen molar-refractivity contribution < 1.29 is 18.8 Å². The fourth-order valence-electron chi connectivity index (χ4n) is 2.54. The summed E-state index contributed by atoms with van der Waals surface area (Å²) in [4.78, 5) is 24.0. The topological polar surface area (TPSA) is 84.7 Å². The molecule has 132 valence electrons. The van der Waals surface area contributed by atoms with E-state index in [0.29, 0.717) is 25.9 Å². The molecule has 0 atom stereocenters. The molecule has 7 nitrogen and oxygen atoms in total. The molecule has 1 aliphatic rings. The van der Waals surface area contributed by atoms with Gasteiger partial charge in [0.25, 0.3) is 5.69 Å². The first-order valence-corrected chi connectivity index (χ1v) is 7.85. The molecule has 1 aromatic carbocycles. The quantitative estimate of drug-likeness (QED) is 0.672. The molecule has 1 N–H and O–H groups in total. The number of likely N-dealkylation sites (tertiary alicyclic amines) is 1. The Kier molecular flexibility index (Phi) is 5.26. The molecule has 1 aromatic rings. The highest BCUT2D eigenvalue weighted by Crippen LogP contribution is 2.29. The molecular weight excluding hydrogens is 317 g/mol. The second-order valence-electron chi connectivity index (χ2n) is 6.78. The van der Waals surface area contributed by atoms with Crippen molar-refractivity contribution in [1.82, 2.24) is 4.90 Å². The van der Waals surface area contributed by atoms with E-state index in [0.717, 1.165) is 0 Å². The Morgan fingerprint density at radius 3 is 2.54 bits per heavy atom. The van der Waals surface area contributed by atoms with E-state index in [-0.39, 0.29) is 23.5 Å². The third-order valence-corrected chi connectivity index (χ3v) is 3.68. The molecule has 1 fully saturated rings. The number of ether oxygens (including phenoxy) is 1. The summed E-state index contributed by atoms with van der Waals surface area (Å²) in [5.41, 5.74) is -0.942. The zero-order valence-corrected chi connectivity index (χ0v) is 14.0. The fraction of sp³-hybridized carbons (Fsp3) is 0.562. The van der Waals surface area contributed by atoms with Gasteiger partial charge in [-0.1, -0.05) is 6.07 Å². The number of nitro benzene ring substituents is 1. The molecule has 0 radical (unpaired) electrons. The summed E-state index contributed by atoms with van der Waals surface area (Å²) in [6, 6.07) is 3.62. The highest BCUT2D eigenvalue weighted by molar-refractivity contribution is 5.68. The SMILES string of the molecule is CC(C)(C)OC(=O)N1CCC(Nc2c(F)cccc2[N+](=O)[O-])CC1. The standard InChI is InChI=1S/C16H22FN3O4/c1-16(2,3)24-15(21)19-9-7-11(8-10-19)18-14-12(17)5-4-6-13(14)20(22)23/h4-6,11,18H,7-10H2,1-3H3. The van der Waals surface area contributed by atoms with Crippen LogP contribution in [0.4, 0.5) is 20.6 Å². The van der Waals surface area contributed by atoms with E-state index in [4.69, 9.17) is 4.74 Å². The van der Waals surface area contributed by atoms with Gasteiger partial charge in [-0.15, -0.1) is 0 Å². The van der Waals surface area contributed by atoms with Crippen LogP contribution in [0.2, 0.25) is 0 Å². The van der Waals surface area contributed by atoms with Crippen LogP contribution >= 0.6 is 0 Å². The van der Waals surface area contributed by atoms with Crippen LogP contribution in [0.1, 0.15) is 33.6 Å². The summed E-state index contributed by atoms with van der Waals surface area (Å²) in [6.07, 6.45) is 0.743. The number of nitrogens with one attached hydrogen (secondary N) is 1. The van der Waals surface area contributed by atoms with Gasteiger partial charge in [0.05, 0.1) is 4.92 Å². The van der Waals surface area contributed by atoms with Crippen molar-refractivity contribution in [2.45, 2.75) is 45.3 Å². The number of carbonyl (C=O) groups excluding carboxylic acids is 1. The van der Waals surface area contributed by atoms with E-state index in [1.54, 1.807) is 25.7 Å². The van der Waals surface area contributed by atoms with Crippen LogP contribution in [-0.2, 0) is 4.74 Å². The number of para-hydroxylation sites is 1. The summed E-state index contributed by atoms with van der Waals surface area (Å²) in [5.74, 6) is -0.654. The maximum atomic E-state index is 13.9. The number of nitro groups is 1. The van der Waals surface area contributed by atoms with Gasteiger partial charge >= 0.3 is 6.09 Å². The van der Waals surface area contributed by atoms with Gasteiger partial charge in [-0.05, 0) is 39.7 Å². The molecular formula is C16H22FN3O4. The number of anilines is 1. The van der Waals surface area contributed by atoms with E-state index in [1.165, 1.54) is 18.2 Å². The van der Waals surface area contributed by atoms with Gasteiger partial charge < -0.3 is 15.0 Å². The van der Waals surface area contributed by atoms with Crippen molar-refractivity contribution in [2.24, 2.45) is 0 Å². The number of rotatable bonds is 3. The van der Waals surface area contributed by atoms with Crippen molar-refractivity contribution in [2.75, 3.05) is 18.4 Å². The number of hydrogen-bond donors (Lipinski definition) is 1. The van der Waals surface area contributed by atoms with Gasteiger partial charge in [0, 0.05) is 25.2 Å². The second kappa shape index (κ2) is 7.02. The minimum atomic E-state index is -0.654. The summed E-state index contributed by atoms with van der Waals surface area (Å²) in [6.45, 7) is 6.31. The van der Waals surface area contributed by atoms with Crippen molar-refractivity contribution in [3.63, 3.8) is 0 Å². The van der Waals surface area contributed by atoms with E-state index >= 15 is 0 Å². The number of piperidine rings is 1. The predicted molar refractivity (Wildman–Crippen MR) is 87.5 cm³/mol. The first-order valence-electron chi connectivity index (χ1n) is 7.85. The first kappa shape index (κ1) is 18.0. The minimum Gasteiger partial charge on any atom is -0.444 e. The van der Waals surface area contributed by atoms with Gasteiger partial charge in [0.15, 0.2) is 5.82 Å². The average Bonchev–Trinajstić information content (AvgIpc) is 2.48. The van der Waals surface area contributed by atoms with Gasteiger partial charge in [0.2, 0.25) is 0 Å². The number of carbonyl (C=O) groups is 1. The normalized spacial score (nSPS) is 15.9. The number of hydrogen-bond acceptors (Lipinski definition) is 5. The average molecular weight is 339 g/mol. The molecule has 0 saturated carbocycles. The van der Waals surface area contributed by atoms with Gasteiger partial charge in [-0.25, -0.2) is 9.18 Å². The van der Waals surface area contributed by atoms with Crippen LogP contribution in [0.25, 0.3) is 0 Å². The molecule has 0 aliphatic carbocycles. The molecule has 0 unspecified atom stereocenters. The van der Waals surface area contributed by atoms with Crippen molar-refractivity contribution in [1.29, 1.82) is 0 Å². The molecule has 0 aromatic heterocycles. The van der Waals surface area contributed by atoms with Crippen LogP contribution < -0.4 is 5.32 Å². The summed E-state index contributed by atoms with van der Waals surface area (Å²) < 4.78 is 19.2. The van der Waals surface area contributed by atoms with E-state index in [1.807, 2.05) is 0 Å². The lowest BCUT2D eigenvalue weighted by molar-refractivity contribution is -0.384. The second-order valence-corrected chi connectivity index (χ2v) is 6.78. The van der Waals surface area contributed by atoms with Gasteiger partial charge in [0.1, 0.15) is 11.3 Å². The van der Waals surface area contributed by atoms with Crippen molar-refractivity contribution >= 4 is 17.5 Å².